The van der Waals surface area contributed by atoms with Crippen molar-refractivity contribution in [3.8, 4) is 5.75 Å². The zero-order valence-electron chi connectivity index (χ0n) is 13.5. The number of carbonyl (C=O) groups is 1. The first-order valence-electron chi connectivity index (χ1n) is 7.96. The van der Waals surface area contributed by atoms with Crippen LogP contribution in [0.1, 0.15) is 5.56 Å². The molecule has 0 spiro atoms. The maximum atomic E-state index is 11.8. The summed E-state index contributed by atoms with van der Waals surface area (Å²) in [6.45, 7) is 1.12. The summed E-state index contributed by atoms with van der Waals surface area (Å²) in [7, 11) is 0. The Balaban J connectivity index is 1.43. The molecule has 3 aromatic rings. The number of halogens is 1. The smallest absolute Gasteiger partial charge is 0.315 e. The van der Waals surface area contributed by atoms with Gasteiger partial charge in [-0.3, -0.25) is 4.98 Å². The van der Waals surface area contributed by atoms with E-state index in [1.807, 2.05) is 48.5 Å². The Morgan fingerprint density at radius 3 is 2.76 bits per heavy atom. The van der Waals surface area contributed by atoms with Gasteiger partial charge in [-0.05, 0) is 23.8 Å². The number of nitrogens with zero attached hydrogens (tertiary/aromatic N) is 1. The molecule has 0 radical (unpaired) electrons. The van der Waals surface area contributed by atoms with Gasteiger partial charge in [0.25, 0.3) is 0 Å². The largest absolute Gasteiger partial charge is 0.489 e. The lowest BCUT2D eigenvalue weighted by Gasteiger charge is -2.11. The number of fused-ring (bicyclic) bond motifs is 1. The number of benzene rings is 2. The number of urea groups is 1. The van der Waals surface area contributed by atoms with Gasteiger partial charge in [-0.15, -0.1) is 0 Å². The summed E-state index contributed by atoms with van der Waals surface area (Å²) in [5.41, 5.74) is 1.69. The number of amides is 2. The molecular formula is C19H18ClN3O2. The van der Waals surface area contributed by atoms with Crippen molar-refractivity contribution in [3.63, 3.8) is 0 Å². The van der Waals surface area contributed by atoms with E-state index in [0.717, 1.165) is 16.5 Å². The number of pyridine rings is 1. The van der Waals surface area contributed by atoms with E-state index in [-0.39, 0.29) is 6.03 Å². The molecule has 2 aromatic carbocycles. The Labute approximate surface area is 151 Å². The fourth-order valence-electron chi connectivity index (χ4n) is 2.40. The Hall–Kier alpha value is -2.79. The number of hydrogen-bond acceptors (Lipinski definition) is 3. The van der Waals surface area contributed by atoms with Crippen LogP contribution in [0.2, 0.25) is 5.02 Å². The zero-order chi connectivity index (χ0) is 17.5. The maximum absolute atomic E-state index is 11.8. The van der Waals surface area contributed by atoms with Crippen molar-refractivity contribution < 1.29 is 9.53 Å². The van der Waals surface area contributed by atoms with E-state index in [0.29, 0.717) is 30.5 Å². The molecule has 1 heterocycles. The molecule has 2 N–H and O–H groups in total. The molecule has 0 aliphatic heterocycles. The van der Waals surface area contributed by atoms with E-state index in [4.69, 9.17) is 16.3 Å². The van der Waals surface area contributed by atoms with Crippen LogP contribution in [0.5, 0.6) is 5.75 Å². The van der Waals surface area contributed by atoms with Crippen LogP contribution in [0.3, 0.4) is 0 Å². The van der Waals surface area contributed by atoms with Crippen LogP contribution in [0.25, 0.3) is 10.9 Å². The molecular weight excluding hydrogens is 338 g/mol. The normalized spacial score (nSPS) is 10.4. The molecule has 0 aliphatic rings. The predicted molar refractivity (Wildman–Crippen MR) is 98.9 cm³/mol. The van der Waals surface area contributed by atoms with Crippen LogP contribution in [-0.4, -0.2) is 24.2 Å². The zero-order valence-corrected chi connectivity index (χ0v) is 14.3. The second kappa shape index (κ2) is 8.35. The third-order valence-corrected chi connectivity index (χ3v) is 4.01. The Bertz CT molecular complexity index is 865. The molecule has 0 atom stereocenters. The molecule has 6 heteroatoms. The van der Waals surface area contributed by atoms with Gasteiger partial charge in [0.05, 0.1) is 6.54 Å². The van der Waals surface area contributed by atoms with Gasteiger partial charge in [-0.1, -0.05) is 48.0 Å². The summed E-state index contributed by atoms with van der Waals surface area (Å²) in [4.78, 5) is 16.1. The minimum Gasteiger partial charge on any atom is -0.489 e. The van der Waals surface area contributed by atoms with Crippen LogP contribution in [0, 0.1) is 0 Å². The first-order chi connectivity index (χ1) is 12.2. The molecule has 128 valence electrons. The fraction of sp³-hybridized carbons (Fsp3) is 0.158. The molecule has 5 nitrogen and oxygen atoms in total. The number of nitrogens with one attached hydrogen (secondary N) is 2. The second-order valence-electron chi connectivity index (χ2n) is 5.38. The second-order valence-corrected chi connectivity index (χ2v) is 5.79. The Morgan fingerprint density at radius 2 is 1.88 bits per heavy atom. The van der Waals surface area contributed by atoms with Crippen LogP contribution in [0.15, 0.2) is 60.8 Å². The monoisotopic (exact) mass is 355 g/mol. The van der Waals surface area contributed by atoms with E-state index in [1.54, 1.807) is 12.3 Å². The third kappa shape index (κ3) is 4.61. The minimum atomic E-state index is -0.264. The van der Waals surface area contributed by atoms with E-state index in [1.165, 1.54) is 0 Å². The molecule has 0 aliphatic carbocycles. The van der Waals surface area contributed by atoms with Crippen molar-refractivity contribution in [2.24, 2.45) is 0 Å². The predicted octanol–water partition coefficient (Wildman–Crippen LogP) is 3.77. The van der Waals surface area contributed by atoms with E-state index < -0.39 is 0 Å². The van der Waals surface area contributed by atoms with Gasteiger partial charge in [0.2, 0.25) is 0 Å². The summed E-state index contributed by atoms with van der Waals surface area (Å²) >= 11 is 6.05. The molecule has 0 saturated carbocycles. The van der Waals surface area contributed by atoms with Gasteiger partial charge in [-0.2, -0.15) is 0 Å². The maximum Gasteiger partial charge on any atom is 0.315 e. The number of hydrogen-bond donors (Lipinski definition) is 2. The van der Waals surface area contributed by atoms with Crippen molar-refractivity contribution in [1.29, 1.82) is 0 Å². The van der Waals surface area contributed by atoms with Crippen LogP contribution in [0.4, 0.5) is 4.79 Å². The SMILES string of the molecule is O=C(NCCOc1cccc2cccnc12)NCc1ccccc1Cl. The highest BCUT2D eigenvalue weighted by Gasteiger charge is 2.04. The lowest BCUT2D eigenvalue weighted by Crippen LogP contribution is -2.37. The van der Waals surface area contributed by atoms with E-state index >= 15 is 0 Å². The average Bonchev–Trinajstić information content (AvgIpc) is 2.64. The molecule has 1 aromatic heterocycles. The Kier molecular flexibility index (Phi) is 5.69. The van der Waals surface area contributed by atoms with Crippen molar-refractivity contribution in [2.75, 3.05) is 13.2 Å². The van der Waals surface area contributed by atoms with Crippen molar-refractivity contribution >= 4 is 28.5 Å². The first-order valence-corrected chi connectivity index (χ1v) is 8.33. The quantitative estimate of drug-likeness (QED) is 0.662. The van der Waals surface area contributed by atoms with Gasteiger partial charge < -0.3 is 15.4 Å². The van der Waals surface area contributed by atoms with Gasteiger partial charge in [0.1, 0.15) is 17.9 Å². The lowest BCUT2D eigenvalue weighted by molar-refractivity contribution is 0.236. The van der Waals surface area contributed by atoms with Gasteiger partial charge in [0, 0.05) is 23.2 Å². The highest BCUT2D eigenvalue weighted by Crippen LogP contribution is 2.22. The third-order valence-electron chi connectivity index (χ3n) is 3.64. The average molecular weight is 356 g/mol. The number of aromatic nitrogens is 1. The number of para-hydroxylation sites is 1. The molecule has 25 heavy (non-hydrogen) atoms. The molecule has 2 amide bonds. The fourth-order valence-corrected chi connectivity index (χ4v) is 2.60. The summed E-state index contributed by atoms with van der Waals surface area (Å²) in [5.74, 6) is 0.705. The number of ether oxygens (including phenoxy) is 1. The van der Waals surface area contributed by atoms with Crippen LogP contribution in [-0.2, 0) is 6.54 Å². The summed E-state index contributed by atoms with van der Waals surface area (Å²) in [5, 5.41) is 7.17. The van der Waals surface area contributed by atoms with Crippen molar-refractivity contribution in [1.82, 2.24) is 15.6 Å². The number of rotatable bonds is 6. The molecule has 0 saturated heterocycles. The molecule has 0 bridgehead atoms. The first kappa shape index (κ1) is 17.0. The van der Waals surface area contributed by atoms with Crippen LogP contribution >= 0.6 is 11.6 Å². The molecule has 0 fully saturated rings. The highest BCUT2D eigenvalue weighted by molar-refractivity contribution is 6.31. The summed E-state index contributed by atoms with van der Waals surface area (Å²) < 4.78 is 5.73. The Morgan fingerprint density at radius 1 is 1.04 bits per heavy atom. The van der Waals surface area contributed by atoms with Crippen molar-refractivity contribution in [2.45, 2.75) is 6.54 Å². The molecule has 0 unspecified atom stereocenters. The van der Waals surface area contributed by atoms with Gasteiger partial charge in [-0.25, -0.2) is 4.79 Å². The van der Waals surface area contributed by atoms with Gasteiger partial charge in [0.15, 0.2) is 0 Å². The van der Waals surface area contributed by atoms with Crippen LogP contribution < -0.4 is 15.4 Å². The van der Waals surface area contributed by atoms with Crippen molar-refractivity contribution in [3.05, 3.63) is 71.4 Å². The lowest BCUT2D eigenvalue weighted by atomic mass is 10.2. The highest BCUT2D eigenvalue weighted by atomic mass is 35.5. The summed E-state index contributed by atoms with van der Waals surface area (Å²) in [6.07, 6.45) is 1.73. The van der Waals surface area contributed by atoms with E-state index in [9.17, 15) is 4.79 Å². The minimum absolute atomic E-state index is 0.264. The standard InChI is InChI=1S/C19H18ClN3O2/c20-16-8-2-1-5-15(16)13-23-19(24)22-11-12-25-17-9-3-6-14-7-4-10-21-18(14)17/h1-10H,11-13H2,(H2,22,23,24). The number of carbonyl (C=O) groups excluding carboxylic acids is 1. The van der Waals surface area contributed by atoms with E-state index in [2.05, 4.69) is 15.6 Å². The molecule has 3 rings (SSSR count). The summed E-state index contributed by atoms with van der Waals surface area (Å²) in [6, 6.07) is 16.8. The van der Waals surface area contributed by atoms with Gasteiger partial charge >= 0.3 is 6.03 Å². The topological polar surface area (TPSA) is 63.2 Å².